The highest BCUT2D eigenvalue weighted by Gasteiger charge is 2.06. The van der Waals surface area contributed by atoms with E-state index in [-0.39, 0.29) is 0 Å². The molecule has 0 fully saturated rings. The zero-order valence-electron chi connectivity index (χ0n) is 13.3. The van der Waals surface area contributed by atoms with Crippen LogP contribution < -0.4 is 5.32 Å². The highest BCUT2D eigenvalue weighted by Crippen LogP contribution is 2.13. The quantitative estimate of drug-likeness (QED) is 0.666. The van der Waals surface area contributed by atoms with Gasteiger partial charge in [0.2, 0.25) is 0 Å². The Labute approximate surface area is 124 Å². The van der Waals surface area contributed by atoms with Crippen molar-refractivity contribution in [2.45, 2.75) is 59.6 Å². The topological polar surface area (TPSA) is 34.1 Å². The molecule has 0 aromatic carbocycles. The van der Waals surface area contributed by atoms with Gasteiger partial charge >= 0.3 is 0 Å². The van der Waals surface area contributed by atoms with E-state index in [4.69, 9.17) is 4.74 Å². The molecular weight excluding hydrogens is 248 g/mol. The van der Waals surface area contributed by atoms with E-state index >= 15 is 0 Å². The minimum Gasteiger partial charge on any atom is -0.375 e. The van der Waals surface area contributed by atoms with E-state index < -0.39 is 0 Å². The zero-order chi connectivity index (χ0) is 14.6. The van der Waals surface area contributed by atoms with Gasteiger partial charge in [-0.05, 0) is 30.5 Å². The van der Waals surface area contributed by atoms with Crippen molar-refractivity contribution in [3.05, 3.63) is 29.6 Å². The minimum absolute atomic E-state index is 0.629. The Bertz CT molecular complexity index is 337. The molecule has 20 heavy (non-hydrogen) atoms. The third-order valence-electron chi connectivity index (χ3n) is 3.61. The second-order valence-corrected chi connectivity index (χ2v) is 5.37. The summed E-state index contributed by atoms with van der Waals surface area (Å²) in [6.07, 6.45) is 7.00. The molecule has 0 aliphatic heterocycles. The van der Waals surface area contributed by atoms with Crippen LogP contribution in [0.2, 0.25) is 0 Å². The average molecular weight is 278 g/mol. The molecule has 1 unspecified atom stereocenters. The third kappa shape index (κ3) is 7.01. The lowest BCUT2D eigenvalue weighted by Gasteiger charge is -2.14. The van der Waals surface area contributed by atoms with E-state index in [1.807, 2.05) is 6.20 Å². The predicted octanol–water partition coefficient (Wildman–Crippen LogP) is 3.92. The molecule has 3 nitrogen and oxygen atoms in total. The highest BCUT2D eigenvalue weighted by molar-refractivity contribution is 5.13. The van der Waals surface area contributed by atoms with Gasteiger partial charge in [0.1, 0.15) is 0 Å². The van der Waals surface area contributed by atoms with E-state index in [9.17, 15) is 0 Å². The van der Waals surface area contributed by atoms with Crippen molar-refractivity contribution in [1.82, 2.24) is 10.3 Å². The standard InChI is InChI=1S/C17H30N2O/c1-4-7-8-15(5-2)13-20-14-17-10-9-16(12-19-17)11-18-6-3/h9-10,12,15,18H,4-8,11,13-14H2,1-3H3. The van der Waals surface area contributed by atoms with Crippen LogP contribution in [0.3, 0.4) is 0 Å². The van der Waals surface area contributed by atoms with Crippen molar-refractivity contribution < 1.29 is 4.74 Å². The maximum absolute atomic E-state index is 5.81. The lowest BCUT2D eigenvalue weighted by atomic mass is 10.0. The maximum atomic E-state index is 5.81. The summed E-state index contributed by atoms with van der Waals surface area (Å²) in [5, 5.41) is 3.30. The molecule has 0 spiro atoms. The Morgan fingerprint density at radius 1 is 1.25 bits per heavy atom. The van der Waals surface area contributed by atoms with Gasteiger partial charge in [-0.2, -0.15) is 0 Å². The van der Waals surface area contributed by atoms with Crippen molar-refractivity contribution in [3.63, 3.8) is 0 Å². The first-order valence-corrected chi connectivity index (χ1v) is 8.02. The van der Waals surface area contributed by atoms with Crippen LogP contribution in [0.4, 0.5) is 0 Å². The van der Waals surface area contributed by atoms with Gasteiger partial charge in [0.05, 0.1) is 12.3 Å². The molecular formula is C17H30N2O. The molecule has 0 aliphatic carbocycles. The van der Waals surface area contributed by atoms with E-state index in [1.165, 1.54) is 31.2 Å². The number of hydrogen-bond acceptors (Lipinski definition) is 3. The zero-order valence-corrected chi connectivity index (χ0v) is 13.3. The van der Waals surface area contributed by atoms with Crippen molar-refractivity contribution in [2.24, 2.45) is 5.92 Å². The molecule has 1 N–H and O–H groups in total. The van der Waals surface area contributed by atoms with Gasteiger partial charge in [0.15, 0.2) is 0 Å². The second-order valence-electron chi connectivity index (χ2n) is 5.37. The molecule has 0 aliphatic rings. The first kappa shape index (κ1) is 17.1. The van der Waals surface area contributed by atoms with Crippen molar-refractivity contribution in [1.29, 1.82) is 0 Å². The molecule has 0 bridgehead atoms. The summed E-state index contributed by atoms with van der Waals surface area (Å²) in [6.45, 7) is 9.96. The molecule has 114 valence electrons. The molecule has 0 saturated carbocycles. The summed E-state index contributed by atoms with van der Waals surface area (Å²) < 4.78 is 5.81. The molecule has 1 rings (SSSR count). The molecule has 0 saturated heterocycles. The summed E-state index contributed by atoms with van der Waals surface area (Å²) in [7, 11) is 0. The minimum atomic E-state index is 0.629. The summed E-state index contributed by atoms with van der Waals surface area (Å²) in [5.41, 5.74) is 2.25. The Kier molecular flexibility index (Phi) is 9.25. The van der Waals surface area contributed by atoms with Gasteiger partial charge in [-0.1, -0.05) is 46.1 Å². The van der Waals surface area contributed by atoms with E-state index in [2.05, 4.69) is 43.2 Å². The highest BCUT2D eigenvalue weighted by atomic mass is 16.5. The monoisotopic (exact) mass is 278 g/mol. The summed E-state index contributed by atoms with van der Waals surface area (Å²) in [4.78, 5) is 4.45. The van der Waals surface area contributed by atoms with Gasteiger partial charge < -0.3 is 10.1 Å². The van der Waals surface area contributed by atoms with Gasteiger partial charge in [0, 0.05) is 19.3 Å². The summed E-state index contributed by atoms with van der Waals surface area (Å²) in [5.74, 6) is 0.697. The van der Waals surface area contributed by atoms with E-state index in [0.29, 0.717) is 12.5 Å². The van der Waals surface area contributed by atoms with Crippen LogP contribution in [-0.2, 0) is 17.9 Å². The van der Waals surface area contributed by atoms with Crippen LogP contribution in [0.25, 0.3) is 0 Å². The van der Waals surface area contributed by atoms with Crippen LogP contribution in [0.15, 0.2) is 18.3 Å². The normalized spacial score (nSPS) is 12.6. The maximum Gasteiger partial charge on any atom is 0.0887 e. The van der Waals surface area contributed by atoms with Crippen molar-refractivity contribution >= 4 is 0 Å². The molecule has 1 aromatic rings. The Hall–Kier alpha value is -0.930. The third-order valence-corrected chi connectivity index (χ3v) is 3.61. The number of pyridine rings is 1. The van der Waals surface area contributed by atoms with Gasteiger partial charge in [-0.3, -0.25) is 4.98 Å². The van der Waals surface area contributed by atoms with Crippen LogP contribution >= 0.6 is 0 Å². The first-order valence-electron chi connectivity index (χ1n) is 8.02. The van der Waals surface area contributed by atoms with Crippen LogP contribution in [0, 0.1) is 5.92 Å². The fourth-order valence-electron chi connectivity index (χ4n) is 2.14. The number of nitrogens with one attached hydrogen (secondary N) is 1. The number of hydrogen-bond donors (Lipinski definition) is 1. The largest absolute Gasteiger partial charge is 0.375 e. The molecule has 1 aromatic heterocycles. The molecule has 0 radical (unpaired) electrons. The predicted molar refractivity (Wildman–Crippen MR) is 84.6 cm³/mol. The first-order chi connectivity index (χ1) is 9.80. The fourth-order valence-corrected chi connectivity index (χ4v) is 2.14. The molecule has 3 heteroatoms. The number of ether oxygens (including phenoxy) is 1. The molecule has 1 heterocycles. The van der Waals surface area contributed by atoms with Crippen molar-refractivity contribution in [3.8, 4) is 0 Å². The smallest absolute Gasteiger partial charge is 0.0887 e. The van der Waals surface area contributed by atoms with E-state index in [0.717, 1.165) is 25.4 Å². The summed E-state index contributed by atoms with van der Waals surface area (Å²) in [6, 6.07) is 4.20. The van der Waals surface area contributed by atoms with Crippen LogP contribution in [0.1, 0.15) is 57.7 Å². The second kappa shape index (κ2) is 10.8. The van der Waals surface area contributed by atoms with E-state index in [1.54, 1.807) is 0 Å². The number of rotatable bonds is 11. The Morgan fingerprint density at radius 3 is 2.70 bits per heavy atom. The SMILES string of the molecule is CCCCC(CC)COCc1ccc(CNCC)cn1. The fraction of sp³-hybridized carbons (Fsp3) is 0.706. The molecule has 1 atom stereocenters. The average Bonchev–Trinajstić information content (AvgIpc) is 2.49. The Balaban J connectivity index is 2.27. The van der Waals surface area contributed by atoms with Crippen LogP contribution in [-0.4, -0.2) is 18.1 Å². The van der Waals surface area contributed by atoms with Crippen LogP contribution in [0.5, 0.6) is 0 Å². The van der Waals surface area contributed by atoms with Gasteiger partial charge in [-0.25, -0.2) is 0 Å². The summed E-state index contributed by atoms with van der Waals surface area (Å²) >= 11 is 0. The van der Waals surface area contributed by atoms with Gasteiger partial charge in [0.25, 0.3) is 0 Å². The number of nitrogens with zero attached hydrogens (tertiary/aromatic N) is 1. The number of aromatic nitrogens is 1. The number of unbranched alkanes of at least 4 members (excludes halogenated alkanes) is 1. The van der Waals surface area contributed by atoms with Crippen molar-refractivity contribution in [2.75, 3.05) is 13.2 Å². The lowest BCUT2D eigenvalue weighted by molar-refractivity contribution is 0.0799. The molecule has 0 amide bonds. The van der Waals surface area contributed by atoms with Gasteiger partial charge in [-0.15, -0.1) is 0 Å². The lowest BCUT2D eigenvalue weighted by Crippen LogP contribution is -2.12. The Morgan fingerprint density at radius 2 is 2.10 bits per heavy atom.